The Morgan fingerprint density at radius 1 is 0.923 bits per heavy atom. The Labute approximate surface area is 152 Å². The molecule has 4 heteroatoms. The predicted octanol–water partition coefficient (Wildman–Crippen LogP) is 3.97. The summed E-state index contributed by atoms with van der Waals surface area (Å²) < 4.78 is 0. The van der Waals surface area contributed by atoms with Gasteiger partial charge >= 0.3 is 0 Å². The molecule has 0 radical (unpaired) electrons. The van der Waals surface area contributed by atoms with Gasteiger partial charge in [0.1, 0.15) is 0 Å². The van der Waals surface area contributed by atoms with Crippen LogP contribution in [0.25, 0.3) is 10.8 Å². The number of hydrogen-bond donors (Lipinski definition) is 0. The number of hydrogen-bond acceptors (Lipinski definition) is 3. The van der Waals surface area contributed by atoms with Gasteiger partial charge in [0, 0.05) is 42.5 Å². The second-order valence-corrected chi connectivity index (χ2v) is 6.75. The van der Waals surface area contributed by atoms with Crippen LogP contribution < -0.4 is 0 Å². The summed E-state index contributed by atoms with van der Waals surface area (Å²) in [6.07, 6.45) is 4.91. The third-order valence-corrected chi connectivity index (χ3v) is 5.04. The second kappa shape index (κ2) is 7.08. The maximum absolute atomic E-state index is 13.0. The minimum atomic E-state index is -0.143. The van der Waals surface area contributed by atoms with Crippen molar-refractivity contribution in [2.45, 2.75) is 12.8 Å². The van der Waals surface area contributed by atoms with Crippen LogP contribution in [0, 0.1) is 5.92 Å². The molecule has 2 heterocycles. The smallest absolute Gasteiger partial charge is 0.253 e. The number of piperidine rings is 1. The fourth-order valence-electron chi connectivity index (χ4n) is 3.63. The molecule has 4 rings (SSSR count). The summed E-state index contributed by atoms with van der Waals surface area (Å²) in [5.41, 5.74) is 1.35. The fraction of sp³-hybridized carbons (Fsp3) is 0.227. The number of likely N-dealkylation sites (tertiary alicyclic amines) is 1. The summed E-state index contributed by atoms with van der Waals surface area (Å²) in [6.45, 7) is 1.18. The van der Waals surface area contributed by atoms with Crippen LogP contribution in [0.15, 0.2) is 67.0 Å². The monoisotopic (exact) mass is 344 g/mol. The molecule has 0 bridgehead atoms. The molecule has 0 N–H and O–H groups in total. The molecule has 1 fully saturated rings. The van der Waals surface area contributed by atoms with Crippen LogP contribution in [-0.2, 0) is 0 Å². The summed E-state index contributed by atoms with van der Waals surface area (Å²) in [7, 11) is 0. The molecule has 2 aromatic carbocycles. The molecule has 3 aromatic rings. The van der Waals surface area contributed by atoms with Gasteiger partial charge in [-0.1, -0.05) is 36.4 Å². The Bertz CT molecular complexity index is 953. The van der Waals surface area contributed by atoms with Crippen LogP contribution in [0.4, 0.5) is 0 Å². The number of carbonyl (C=O) groups excluding carboxylic acids is 2. The van der Waals surface area contributed by atoms with Crippen molar-refractivity contribution < 1.29 is 9.59 Å². The maximum Gasteiger partial charge on any atom is 0.253 e. The van der Waals surface area contributed by atoms with E-state index in [1.165, 1.54) is 0 Å². The first-order valence-corrected chi connectivity index (χ1v) is 8.95. The van der Waals surface area contributed by atoms with Crippen LogP contribution in [0.2, 0.25) is 0 Å². The van der Waals surface area contributed by atoms with Gasteiger partial charge in [-0.15, -0.1) is 0 Å². The van der Waals surface area contributed by atoms with E-state index in [0.29, 0.717) is 18.7 Å². The van der Waals surface area contributed by atoms with E-state index in [1.807, 2.05) is 42.5 Å². The summed E-state index contributed by atoms with van der Waals surface area (Å²) in [5.74, 6) is -0.0397. The van der Waals surface area contributed by atoms with Gasteiger partial charge in [-0.2, -0.15) is 0 Å². The highest BCUT2D eigenvalue weighted by Crippen LogP contribution is 2.24. The summed E-state index contributed by atoms with van der Waals surface area (Å²) >= 11 is 0. The highest BCUT2D eigenvalue weighted by atomic mass is 16.2. The van der Waals surface area contributed by atoms with Crippen molar-refractivity contribution in [3.8, 4) is 0 Å². The average molecular weight is 344 g/mol. The van der Waals surface area contributed by atoms with Crippen molar-refractivity contribution in [3.05, 3.63) is 78.1 Å². The average Bonchev–Trinajstić information content (AvgIpc) is 2.73. The highest BCUT2D eigenvalue weighted by Gasteiger charge is 2.29. The van der Waals surface area contributed by atoms with Crippen LogP contribution in [0.5, 0.6) is 0 Å². The first kappa shape index (κ1) is 16.5. The standard InChI is InChI=1S/C22H20N2O2/c25-21(19-8-7-16-4-1-2-5-18(16)14-19)20-6-3-13-24(15-20)22(26)17-9-11-23-12-10-17/h1-2,4-5,7-12,14,20H,3,6,13,15H2. The van der Waals surface area contributed by atoms with E-state index in [1.54, 1.807) is 29.4 Å². The molecular weight excluding hydrogens is 324 g/mol. The number of pyridine rings is 1. The number of Topliss-reactive ketones (excluding diaryl/α,β-unsaturated/α-hetero) is 1. The summed E-state index contributed by atoms with van der Waals surface area (Å²) in [4.78, 5) is 31.4. The first-order valence-electron chi connectivity index (χ1n) is 8.95. The predicted molar refractivity (Wildman–Crippen MR) is 101 cm³/mol. The van der Waals surface area contributed by atoms with Crippen molar-refractivity contribution in [1.29, 1.82) is 0 Å². The van der Waals surface area contributed by atoms with E-state index in [2.05, 4.69) is 4.98 Å². The van der Waals surface area contributed by atoms with E-state index in [-0.39, 0.29) is 17.6 Å². The fourth-order valence-corrected chi connectivity index (χ4v) is 3.63. The Kier molecular flexibility index (Phi) is 4.48. The van der Waals surface area contributed by atoms with Gasteiger partial charge in [0.2, 0.25) is 0 Å². The van der Waals surface area contributed by atoms with Gasteiger partial charge in [0.25, 0.3) is 5.91 Å². The van der Waals surface area contributed by atoms with Crippen LogP contribution in [-0.4, -0.2) is 34.7 Å². The molecule has 4 nitrogen and oxygen atoms in total. The van der Waals surface area contributed by atoms with Crippen molar-refractivity contribution in [3.63, 3.8) is 0 Å². The number of ketones is 1. The Morgan fingerprint density at radius 3 is 2.50 bits per heavy atom. The van der Waals surface area contributed by atoms with Gasteiger partial charge in [0.15, 0.2) is 5.78 Å². The molecule has 1 atom stereocenters. The topological polar surface area (TPSA) is 50.3 Å². The lowest BCUT2D eigenvalue weighted by atomic mass is 9.89. The molecule has 1 aliphatic heterocycles. The number of rotatable bonds is 3. The van der Waals surface area contributed by atoms with Crippen LogP contribution >= 0.6 is 0 Å². The maximum atomic E-state index is 13.0. The van der Waals surface area contributed by atoms with Gasteiger partial charge in [-0.05, 0) is 41.8 Å². The molecule has 26 heavy (non-hydrogen) atoms. The quantitative estimate of drug-likeness (QED) is 0.676. The Hall–Kier alpha value is -3.01. The molecular formula is C22H20N2O2. The van der Waals surface area contributed by atoms with Crippen molar-refractivity contribution in [2.75, 3.05) is 13.1 Å². The van der Waals surface area contributed by atoms with E-state index < -0.39 is 0 Å². The SMILES string of the molecule is O=C(c1ccc2ccccc2c1)C1CCCN(C(=O)c2ccncc2)C1. The third-order valence-electron chi connectivity index (χ3n) is 5.04. The molecule has 1 aliphatic rings. The number of carbonyl (C=O) groups is 2. The lowest BCUT2D eigenvalue weighted by Gasteiger charge is -2.32. The first-order chi connectivity index (χ1) is 12.7. The molecule has 1 amide bonds. The molecule has 130 valence electrons. The zero-order chi connectivity index (χ0) is 17.9. The largest absolute Gasteiger partial charge is 0.338 e. The molecule has 1 saturated heterocycles. The number of nitrogens with zero attached hydrogens (tertiary/aromatic N) is 2. The van der Waals surface area contributed by atoms with Crippen LogP contribution in [0.3, 0.4) is 0 Å². The Balaban J connectivity index is 1.53. The minimum Gasteiger partial charge on any atom is -0.338 e. The lowest BCUT2D eigenvalue weighted by Crippen LogP contribution is -2.42. The summed E-state index contributed by atoms with van der Waals surface area (Å²) in [5, 5.41) is 2.20. The minimum absolute atomic E-state index is 0.0246. The molecule has 0 spiro atoms. The Morgan fingerprint density at radius 2 is 1.69 bits per heavy atom. The van der Waals surface area contributed by atoms with Crippen molar-refractivity contribution >= 4 is 22.5 Å². The number of amides is 1. The molecule has 0 saturated carbocycles. The van der Waals surface area contributed by atoms with Crippen molar-refractivity contribution in [2.24, 2.45) is 5.92 Å². The van der Waals surface area contributed by atoms with Crippen LogP contribution in [0.1, 0.15) is 33.6 Å². The summed E-state index contributed by atoms with van der Waals surface area (Å²) in [6, 6.07) is 17.3. The zero-order valence-corrected chi connectivity index (χ0v) is 14.5. The van der Waals surface area contributed by atoms with Crippen molar-refractivity contribution in [1.82, 2.24) is 9.88 Å². The highest BCUT2D eigenvalue weighted by molar-refractivity contribution is 6.02. The van der Waals surface area contributed by atoms with E-state index >= 15 is 0 Å². The lowest BCUT2D eigenvalue weighted by molar-refractivity contribution is 0.0637. The molecule has 0 aliphatic carbocycles. The molecule has 1 unspecified atom stereocenters. The van der Waals surface area contributed by atoms with Gasteiger partial charge in [-0.3, -0.25) is 14.6 Å². The van der Waals surface area contributed by atoms with E-state index in [0.717, 1.165) is 29.2 Å². The number of benzene rings is 2. The third kappa shape index (κ3) is 3.23. The second-order valence-electron chi connectivity index (χ2n) is 6.75. The zero-order valence-electron chi connectivity index (χ0n) is 14.5. The normalized spacial score (nSPS) is 17.2. The number of fused-ring (bicyclic) bond motifs is 1. The van der Waals surface area contributed by atoms with Gasteiger partial charge < -0.3 is 4.90 Å². The molecule has 1 aromatic heterocycles. The van der Waals surface area contributed by atoms with Gasteiger partial charge in [0.05, 0.1) is 0 Å². The van der Waals surface area contributed by atoms with E-state index in [9.17, 15) is 9.59 Å². The number of aromatic nitrogens is 1. The van der Waals surface area contributed by atoms with E-state index in [4.69, 9.17) is 0 Å². The van der Waals surface area contributed by atoms with Gasteiger partial charge in [-0.25, -0.2) is 0 Å².